The van der Waals surface area contributed by atoms with E-state index in [0.29, 0.717) is 12.1 Å². The van der Waals surface area contributed by atoms with Gasteiger partial charge in [-0.15, -0.1) is 0 Å². The molecule has 134 valence electrons. The van der Waals surface area contributed by atoms with Gasteiger partial charge < -0.3 is 11.1 Å². The summed E-state index contributed by atoms with van der Waals surface area (Å²) in [6.45, 7) is 4.59. The number of hydrogen-bond donors (Lipinski definition) is 2. The average molecular weight is 352 g/mol. The number of carbonyl (C=O) groups excluding carboxylic acids is 2. The number of aromatic nitrogens is 4. The molecule has 0 aliphatic heterocycles. The monoisotopic (exact) mass is 352 g/mol. The summed E-state index contributed by atoms with van der Waals surface area (Å²) >= 11 is 0. The highest BCUT2D eigenvalue weighted by atomic mass is 16.2. The molecule has 8 nitrogen and oxygen atoms in total. The molecule has 0 atom stereocenters. The van der Waals surface area contributed by atoms with Crippen LogP contribution in [0.5, 0.6) is 0 Å². The molecule has 2 heterocycles. The van der Waals surface area contributed by atoms with Gasteiger partial charge in [0.15, 0.2) is 0 Å². The maximum atomic E-state index is 12.4. The van der Waals surface area contributed by atoms with Crippen molar-refractivity contribution in [2.24, 2.45) is 12.8 Å². The first kappa shape index (κ1) is 17.4. The normalized spacial score (nSPS) is 10.7. The van der Waals surface area contributed by atoms with Crippen molar-refractivity contribution >= 4 is 17.5 Å². The lowest BCUT2D eigenvalue weighted by Crippen LogP contribution is -2.20. The highest BCUT2D eigenvalue weighted by molar-refractivity contribution is 6.08. The van der Waals surface area contributed by atoms with Gasteiger partial charge in [-0.2, -0.15) is 10.2 Å². The van der Waals surface area contributed by atoms with Gasteiger partial charge in [0.05, 0.1) is 24.1 Å². The zero-order valence-electron chi connectivity index (χ0n) is 14.9. The first-order valence-electron chi connectivity index (χ1n) is 8.08. The number of nitrogens with zero attached hydrogens (tertiary/aromatic N) is 4. The van der Waals surface area contributed by atoms with Crippen molar-refractivity contribution in [3.05, 3.63) is 64.7 Å². The van der Waals surface area contributed by atoms with Crippen LogP contribution in [-0.4, -0.2) is 31.4 Å². The molecule has 0 spiro atoms. The number of hydrogen-bond acceptors (Lipinski definition) is 4. The van der Waals surface area contributed by atoms with E-state index in [1.165, 1.54) is 10.9 Å². The predicted octanol–water partition coefficient (Wildman–Crippen LogP) is 1.63. The Morgan fingerprint density at radius 2 is 1.88 bits per heavy atom. The fraction of sp³-hybridized carbons (Fsp3) is 0.222. The number of aryl methyl sites for hydroxylation is 3. The Morgan fingerprint density at radius 1 is 1.19 bits per heavy atom. The van der Waals surface area contributed by atoms with Gasteiger partial charge >= 0.3 is 0 Å². The van der Waals surface area contributed by atoms with E-state index in [4.69, 9.17) is 5.73 Å². The molecular weight excluding hydrogens is 332 g/mol. The molecule has 1 aromatic carbocycles. The molecule has 0 saturated heterocycles. The summed E-state index contributed by atoms with van der Waals surface area (Å²) in [4.78, 5) is 23.9. The summed E-state index contributed by atoms with van der Waals surface area (Å²) in [7, 11) is 1.59. The number of nitrogens with two attached hydrogens (primary N) is 1. The van der Waals surface area contributed by atoms with Crippen LogP contribution in [0.15, 0.2) is 36.5 Å². The van der Waals surface area contributed by atoms with Crippen LogP contribution in [0.3, 0.4) is 0 Å². The lowest BCUT2D eigenvalue weighted by Gasteiger charge is -2.07. The number of benzene rings is 1. The predicted molar refractivity (Wildman–Crippen MR) is 96.9 cm³/mol. The first-order valence-corrected chi connectivity index (χ1v) is 8.08. The largest absolute Gasteiger partial charge is 0.364 e. The minimum absolute atomic E-state index is 0.152. The minimum atomic E-state index is -0.652. The molecule has 3 rings (SSSR count). The standard InChI is InChI=1S/C18H20N6O2/c1-11-8-12(2)24(22-11)10-13-4-6-14(7-5-13)18(26)21-15-9-20-23(3)16(15)17(19)25/h4-9H,10H2,1-3H3,(H2,19,25)(H,21,26). The summed E-state index contributed by atoms with van der Waals surface area (Å²) < 4.78 is 3.24. The van der Waals surface area contributed by atoms with Crippen LogP contribution in [0, 0.1) is 13.8 Å². The Labute approximate surface area is 150 Å². The van der Waals surface area contributed by atoms with Gasteiger partial charge in [0.25, 0.3) is 11.8 Å². The first-order chi connectivity index (χ1) is 12.3. The SMILES string of the molecule is Cc1cc(C)n(Cc2ccc(C(=O)Nc3cnn(C)c3C(N)=O)cc2)n1. The topological polar surface area (TPSA) is 108 Å². The third-order valence-electron chi connectivity index (χ3n) is 4.07. The lowest BCUT2D eigenvalue weighted by molar-refractivity contribution is 0.0992. The molecule has 0 bridgehead atoms. The zero-order chi connectivity index (χ0) is 18.8. The molecule has 26 heavy (non-hydrogen) atoms. The molecule has 8 heteroatoms. The van der Waals surface area contributed by atoms with Crippen LogP contribution in [0.4, 0.5) is 5.69 Å². The van der Waals surface area contributed by atoms with Crippen molar-refractivity contribution in [2.75, 3.05) is 5.32 Å². The Balaban J connectivity index is 1.73. The molecule has 0 saturated carbocycles. The maximum Gasteiger partial charge on any atom is 0.269 e. The van der Waals surface area contributed by atoms with Crippen LogP contribution in [0.1, 0.15) is 37.8 Å². The van der Waals surface area contributed by atoms with Gasteiger partial charge in [-0.05, 0) is 37.6 Å². The van der Waals surface area contributed by atoms with Crippen LogP contribution < -0.4 is 11.1 Å². The van der Waals surface area contributed by atoms with Crippen LogP contribution >= 0.6 is 0 Å². The Bertz CT molecular complexity index is 968. The summed E-state index contributed by atoms with van der Waals surface area (Å²) in [6, 6.07) is 9.24. The second kappa shape index (κ2) is 6.83. The second-order valence-corrected chi connectivity index (χ2v) is 6.13. The second-order valence-electron chi connectivity index (χ2n) is 6.13. The number of amides is 2. The number of rotatable bonds is 5. The van der Waals surface area contributed by atoms with E-state index < -0.39 is 5.91 Å². The van der Waals surface area contributed by atoms with Crippen LogP contribution in [0.25, 0.3) is 0 Å². The van der Waals surface area contributed by atoms with E-state index in [1.807, 2.05) is 36.7 Å². The van der Waals surface area contributed by atoms with E-state index in [-0.39, 0.29) is 17.3 Å². The summed E-state index contributed by atoms with van der Waals surface area (Å²) in [5.41, 5.74) is 9.33. The van der Waals surface area contributed by atoms with E-state index in [9.17, 15) is 9.59 Å². The van der Waals surface area contributed by atoms with Gasteiger partial charge in [-0.3, -0.25) is 19.0 Å². The van der Waals surface area contributed by atoms with E-state index in [0.717, 1.165) is 17.0 Å². The number of nitrogens with one attached hydrogen (secondary N) is 1. The molecule has 0 unspecified atom stereocenters. The van der Waals surface area contributed by atoms with Gasteiger partial charge in [0.2, 0.25) is 0 Å². The molecular formula is C18H20N6O2. The fourth-order valence-corrected chi connectivity index (χ4v) is 2.79. The molecule has 2 aromatic heterocycles. The average Bonchev–Trinajstić information content (AvgIpc) is 3.10. The van der Waals surface area contributed by atoms with E-state index in [1.54, 1.807) is 19.2 Å². The molecule has 0 aliphatic rings. The summed E-state index contributed by atoms with van der Waals surface area (Å²) in [5, 5.41) is 11.0. The molecule has 2 amide bonds. The summed E-state index contributed by atoms with van der Waals surface area (Å²) in [6.07, 6.45) is 1.40. The minimum Gasteiger partial charge on any atom is -0.364 e. The number of anilines is 1. The van der Waals surface area contributed by atoms with Gasteiger partial charge in [0.1, 0.15) is 5.69 Å². The van der Waals surface area contributed by atoms with Gasteiger partial charge in [-0.1, -0.05) is 12.1 Å². The maximum absolute atomic E-state index is 12.4. The fourth-order valence-electron chi connectivity index (χ4n) is 2.79. The molecule has 3 aromatic rings. The lowest BCUT2D eigenvalue weighted by atomic mass is 10.1. The van der Waals surface area contributed by atoms with E-state index in [2.05, 4.69) is 15.5 Å². The van der Waals surface area contributed by atoms with E-state index >= 15 is 0 Å². The third-order valence-corrected chi connectivity index (χ3v) is 4.07. The Morgan fingerprint density at radius 3 is 2.46 bits per heavy atom. The van der Waals surface area contributed by atoms with Gasteiger partial charge in [-0.25, -0.2) is 0 Å². The third kappa shape index (κ3) is 3.49. The van der Waals surface area contributed by atoms with Crippen LogP contribution in [0.2, 0.25) is 0 Å². The number of primary amides is 1. The highest BCUT2D eigenvalue weighted by Gasteiger charge is 2.16. The van der Waals surface area contributed by atoms with Crippen LogP contribution in [-0.2, 0) is 13.6 Å². The van der Waals surface area contributed by atoms with Crippen molar-refractivity contribution in [3.63, 3.8) is 0 Å². The van der Waals surface area contributed by atoms with Crippen molar-refractivity contribution in [3.8, 4) is 0 Å². The molecule has 0 fully saturated rings. The van der Waals surface area contributed by atoms with Crippen molar-refractivity contribution < 1.29 is 9.59 Å². The highest BCUT2D eigenvalue weighted by Crippen LogP contribution is 2.15. The molecule has 3 N–H and O–H groups in total. The van der Waals surface area contributed by atoms with Gasteiger partial charge in [0, 0.05) is 18.3 Å². The molecule has 0 aliphatic carbocycles. The van der Waals surface area contributed by atoms with Crippen molar-refractivity contribution in [1.29, 1.82) is 0 Å². The summed E-state index contributed by atoms with van der Waals surface area (Å²) in [5.74, 6) is -0.987. The van der Waals surface area contributed by atoms with Crippen molar-refractivity contribution in [1.82, 2.24) is 19.6 Å². The van der Waals surface area contributed by atoms with Crippen molar-refractivity contribution in [2.45, 2.75) is 20.4 Å². The molecule has 0 radical (unpaired) electrons. The number of carbonyl (C=O) groups is 2. The quantitative estimate of drug-likeness (QED) is 0.727. The zero-order valence-corrected chi connectivity index (χ0v) is 14.9. The smallest absolute Gasteiger partial charge is 0.269 e. The Hall–Kier alpha value is -3.42. The Kier molecular flexibility index (Phi) is 4.57.